The Hall–Kier alpha value is -1.66. The van der Waals surface area contributed by atoms with E-state index in [9.17, 15) is 4.79 Å². The molecule has 0 aliphatic heterocycles. The van der Waals surface area contributed by atoms with Gasteiger partial charge in [0.15, 0.2) is 8.83 Å². The second-order valence-corrected chi connectivity index (χ2v) is 6.02. The molecule has 1 heterocycles. The highest BCUT2D eigenvalue weighted by atomic mass is 32.1. The number of carbonyl (C=O) groups excluding carboxylic acids is 1. The fourth-order valence-corrected chi connectivity index (χ4v) is 3.33. The molecule has 0 fully saturated rings. The second-order valence-electron chi connectivity index (χ2n) is 4.38. The molecule has 4 nitrogen and oxygen atoms in total. The van der Waals surface area contributed by atoms with E-state index in [0.717, 1.165) is 16.8 Å². The Balaban J connectivity index is 2.65. The molecule has 0 amide bonds. The molecule has 0 unspecified atom stereocenters. The summed E-state index contributed by atoms with van der Waals surface area (Å²) in [6.07, 6.45) is 0. The molecule has 0 atom stereocenters. The average Bonchev–Trinajstić information content (AvgIpc) is 2.67. The van der Waals surface area contributed by atoms with E-state index in [1.807, 2.05) is 32.0 Å². The van der Waals surface area contributed by atoms with Crippen molar-refractivity contribution < 1.29 is 9.53 Å². The molecule has 106 valence electrons. The number of esters is 1. The number of thiazole rings is 1. The van der Waals surface area contributed by atoms with Crippen LogP contribution in [0.3, 0.4) is 0 Å². The minimum absolute atomic E-state index is 0.312. The number of anilines is 1. The van der Waals surface area contributed by atoms with Gasteiger partial charge in [0.2, 0.25) is 0 Å². The van der Waals surface area contributed by atoms with E-state index in [4.69, 9.17) is 22.7 Å². The zero-order valence-electron chi connectivity index (χ0n) is 11.6. The summed E-state index contributed by atoms with van der Waals surface area (Å²) in [7, 11) is 0. The topological polar surface area (TPSA) is 57.2 Å². The molecular formula is C14H16N2O2S2. The Morgan fingerprint density at radius 1 is 1.40 bits per heavy atom. The van der Waals surface area contributed by atoms with Gasteiger partial charge in [-0.15, -0.1) is 0 Å². The first kappa shape index (κ1) is 14.7. The van der Waals surface area contributed by atoms with Crippen molar-refractivity contribution in [1.82, 2.24) is 4.57 Å². The van der Waals surface area contributed by atoms with E-state index in [1.54, 1.807) is 11.5 Å². The molecule has 0 aliphatic carbocycles. The minimum Gasteiger partial charge on any atom is -0.462 e. The monoisotopic (exact) mass is 308 g/mol. The van der Waals surface area contributed by atoms with Crippen LogP contribution in [-0.4, -0.2) is 17.1 Å². The summed E-state index contributed by atoms with van der Waals surface area (Å²) in [6.45, 7) is 6.05. The van der Waals surface area contributed by atoms with Crippen molar-refractivity contribution in [2.24, 2.45) is 0 Å². The largest absolute Gasteiger partial charge is 0.462 e. The number of ether oxygens (including phenoxy) is 1. The summed E-state index contributed by atoms with van der Waals surface area (Å²) in [4.78, 5) is 12.2. The van der Waals surface area contributed by atoms with Crippen molar-refractivity contribution in [3.8, 4) is 5.69 Å². The van der Waals surface area contributed by atoms with Gasteiger partial charge in [-0.3, -0.25) is 4.57 Å². The number of hydrogen-bond acceptors (Lipinski definition) is 5. The Morgan fingerprint density at radius 3 is 2.55 bits per heavy atom. The maximum Gasteiger partial charge on any atom is 0.352 e. The predicted molar refractivity (Wildman–Crippen MR) is 84.3 cm³/mol. The van der Waals surface area contributed by atoms with Crippen molar-refractivity contribution >= 4 is 35.3 Å². The molecule has 0 radical (unpaired) electrons. The fourth-order valence-electron chi connectivity index (χ4n) is 2.10. The van der Waals surface area contributed by atoms with Gasteiger partial charge in [-0.05, 0) is 44.1 Å². The smallest absolute Gasteiger partial charge is 0.352 e. The van der Waals surface area contributed by atoms with Crippen molar-refractivity contribution in [2.75, 3.05) is 12.3 Å². The Kier molecular flexibility index (Phi) is 4.25. The third-order valence-corrected chi connectivity index (χ3v) is 4.34. The number of rotatable bonds is 3. The lowest BCUT2D eigenvalue weighted by Crippen LogP contribution is -2.09. The van der Waals surface area contributed by atoms with Crippen LogP contribution in [0.5, 0.6) is 0 Å². The molecular weight excluding hydrogens is 292 g/mol. The molecule has 0 saturated carbocycles. The van der Waals surface area contributed by atoms with E-state index in [0.29, 0.717) is 21.3 Å². The SMILES string of the molecule is CCOC(=O)c1sc(=S)n(-c2c(C)cccc2C)c1N. The van der Waals surface area contributed by atoms with E-state index in [1.165, 1.54) is 11.3 Å². The Bertz CT molecular complexity index is 696. The highest BCUT2D eigenvalue weighted by molar-refractivity contribution is 7.73. The summed E-state index contributed by atoms with van der Waals surface area (Å²) in [6, 6.07) is 5.96. The molecule has 2 aromatic rings. The van der Waals surface area contributed by atoms with Crippen LogP contribution in [0.15, 0.2) is 18.2 Å². The van der Waals surface area contributed by atoms with Crippen LogP contribution in [0.25, 0.3) is 5.69 Å². The number of nitrogens with two attached hydrogens (primary N) is 1. The van der Waals surface area contributed by atoms with Crippen LogP contribution in [0.4, 0.5) is 5.82 Å². The lowest BCUT2D eigenvalue weighted by molar-refractivity contribution is 0.0533. The number of hydrogen-bond donors (Lipinski definition) is 1. The molecule has 6 heteroatoms. The molecule has 2 N–H and O–H groups in total. The zero-order chi connectivity index (χ0) is 14.9. The molecule has 0 aliphatic rings. The van der Waals surface area contributed by atoms with Crippen LogP contribution < -0.4 is 5.73 Å². The molecule has 20 heavy (non-hydrogen) atoms. The highest BCUT2D eigenvalue weighted by Crippen LogP contribution is 2.30. The summed E-state index contributed by atoms with van der Waals surface area (Å²) in [5.41, 5.74) is 9.16. The lowest BCUT2D eigenvalue weighted by atomic mass is 10.1. The van der Waals surface area contributed by atoms with E-state index in [2.05, 4.69) is 0 Å². The van der Waals surface area contributed by atoms with Crippen LogP contribution in [-0.2, 0) is 4.74 Å². The van der Waals surface area contributed by atoms with Crippen molar-refractivity contribution in [2.45, 2.75) is 20.8 Å². The molecule has 2 rings (SSSR count). The zero-order valence-corrected chi connectivity index (χ0v) is 13.2. The van der Waals surface area contributed by atoms with Gasteiger partial charge < -0.3 is 10.5 Å². The third kappa shape index (κ3) is 2.48. The number of aryl methyl sites for hydroxylation is 2. The Morgan fingerprint density at radius 2 is 2.00 bits per heavy atom. The number of para-hydroxylation sites is 1. The van der Waals surface area contributed by atoms with Gasteiger partial charge in [0.05, 0.1) is 12.3 Å². The Labute approximate surface area is 126 Å². The van der Waals surface area contributed by atoms with Gasteiger partial charge in [-0.2, -0.15) is 0 Å². The van der Waals surface area contributed by atoms with Crippen molar-refractivity contribution in [1.29, 1.82) is 0 Å². The number of benzene rings is 1. The molecule has 1 aromatic heterocycles. The van der Waals surface area contributed by atoms with Crippen LogP contribution in [0, 0.1) is 17.8 Å². The van der Waals surface area contributed by atoms with Crippen molar-refractivity contribution in [3.05, 3.63) is 38.2 Å². The maximum absolute atomic E-state index is 11.9. The number of carbonyl (C=O) groups is 1. The fraction of sp³-hybridized carbons (Fsp3) is 0.286. The first-order valence-corrected chi connectivity index (χ1v) is 7.44. The maximum atomic E-state index is 11.9. The van der Waals surface area contributed by atoms with Gasteiger partial charge in [-0.25, -0.2) is 4.79 Å². The van der Waals surface area contributed by atoms with E-state index >= 15 is 0 Å². The quantitative estimate of drug-likeness (QED) is 0.694. The van der Waals surface area contributed by atoms with Gasteiger partial charge in [-0.1, -0.05) is 29.5 Å². The van der Waals surface area contributed by atoms with E-state index in [-0.39, 0.29) is 0 Å². The van der Waals surface area contributed by atoms with Crippen LogP contribution in [0.1, 0.15) is 27.7 Å². The molecule has 0 bridgehead atoms. The average molecular weight is 308 g/mol. The molecule has 1 aromatic carbocycles. The normalized spacial score (nSPS) is 10.6. The van der Waals surface area contributed by atoms with Gasteiger partial charge >= 0.3 is 5.97 Å². The molecule has 0 spiro atoms. The first-order chi connectivity index (χ1) is 9.47. The van der Waals surface area contributed by atoms with E-state index < -0.39 is 5.97 Å². The molecule has 0 saturated heterocycles. The van der Waals surface area contributed by atoms with Gasteiger partial charge in [0.1, 0.15) is 5.82 Å². The second kappa shape index (κ2) is 5.76. The highest BCUT2D eigenvalue weighted by Gasteiger charge is 2.20. The first-order valence-electron chi connectivity index (χ1n) is 6.22. The van der Waals surface area contributed by atoms with Gasteiger partial charge in [0.25, 0.3) is 0 Å². The van der Waals surface area contributed by atoms with Crippen LogP contribution >= 0.6 is 23.6 Å². The summed E-state index contributed by atoms with van der Waals surface area (Å²) in [5, 5.41) is 0. The third-order valence-electron chi connectivity index (χ3n) is 2.97. The standard InChI is InChI=1S/C14H16N2O2S2/c1-4-18-13(17)11-12(15)16(14(19)20-11)10-8(2)6-5-7-9(10)3/h5-7H,4,15H2,1-3H3. The number of aromatic nitrogens is 1. The minimum atomic E-state index is -0.425. The lowest BCUT2D eigenvalue weighted by Gasteiger charge is -2.12. The summed E-state index contributed by atoms with van der Waals surface area (Å²) in [5.74, 6) is -0.0815. The predicted octanol–water partition coefficient (Wildman–Crippen LogP) is 3.64. The van der Waals surface area contributed by atoms with Crippen LogP contribution in [0.2, 0.25) is 0 Å². The van der Waals surface area contributed by atoms with Crippen molar-refractivity contribution in [3.63, 3.8) is 0 Å². The van der Waals surface area contributed by atoms with Gasteiger partial charge in [0, 0.05) is 0 Å². The number of nitrogen functional groups attached to an aromatic ring is 1. The number of nitrogens with zero attached hydrogens (tertiary/aromatic N) is 1. The summed E-state index contributed by atoms with van der Waals surface area (Å²) < 4.78 is 7.30. The summed E-state index contributed by atoms with van der Waals surface area (Å²) >= 11 is 6.54.